The van der Waals surface area contributed by atoms with Crippen LogP contribution in [0.2, 0.25) is 0 Å². The standard InChI is InChI=1S/C10H10F3N3O/c11-10(12,13)5-14-4-6-1-2-7-8(3-6)16-9(17)15-7/h1-3,14H,4-5H2,(H2,15,16,17). The molecule has 0 unspecified atom stereocenters. The summed E-state index contributed by atoms with van der Waals surface area (Å²) in [5, 5.41) is 2.29. The van der Waals surface area contributed by atoms with Crippen molar-refractivity contribution >= 4 is 11.0 Å². The first-order valence-electron chi connectivity index (χ1n) is 4.92. The zero-order chi connectivity index (χ0) is 12.5. The van der Waals surface area contributed by atoms with Crippen molar-refractivity contribution < 1.29 is 13.2 Å². The minimum Gasteiger partial charge on any atom is -0.306 e. The number of hydrogen-bond donors (Lipinski definition) is 3. The average molecular weight is 245 g/mol. The van der Waals surface area contributed by atoms with Gasteiger partial charge >= 0.3 is 11.9 Å². The lowest BCUT2D eigenvalue weighted by Gasteiger charge is -2.07. The van der Waals surface area contributed by atoms with Crippen LogP contribution >= 0.6 is 0 Å². The summed E-state index contributed by atoms with van der Waals surface area (Å²) >= 11 is 0. The van der Waals surface area contributed by atoms with Gasteiger partial charge in [-0.05, 0) is 17.7 Å². The number of rotatable bonds is 3. The van der Waals surface area contributed by atoms with E-state index in [0.29, 0.717) is 16.6 Å². The second-order valence-electron chi connectivity index (χ2n) is 3.68. The number of alkyl halides is 3. The van der Waals surface area contributed by atoms with Crippen LogP contribution in [0.15, 0.2) is 23.0 Å². The smallest absolute Gasteiger partial charge is 0.306 e. The third kappa shape index (κ3) is 3.10. The van der Waals surface area contributed by atoms with E-state index in [4.69, 9.17) is 0 Å². The lowest BCUT2D eigenvalue weighted by atomic mass is 10.2. The Kier molecular flexibility index (Phi) is 2.93. The maximum absolute atomic E-state index is 11.9. The lowest BCUT2D eigenvalue weighted by molar-refractivity contribution is -0.125. The van der Waals surface area contributed by atoms with Gasteiger partial charge in [0.15, 0.2) is 0 Å². The van der Waals surface area contributed by atoms with E-state index in [-0.39, 0.29) is 12.2 Å². The Morgan fingerprint density at radius 3 is 2.59 bits per heavy atom. The molecule has 0 saturated heterocycles. The second kappa shape index (κ2) is 4.25. The molecule has 0 aliphatic rings. The molecule has 0 spiro atoms. The fourth-order valence-electron chi connectivity index (χ4n) is 1.54. The van der Waals surface area contributed by atoms with Gasteiger partial charge in [0.05, 0.1) is 17.6 Å². The Bertz CT molecular complexity index is 570. The van der Waals surface area contributed by atoms with Crippen molar-refractivity contribution in [1.29, 1.82) is 0 Å². The van der Waals surface area contributed by atoms with Crippen LogP contribution in [0.25, 0.3) is 11.0 Å². The van der Waals surface area contributed by atoms with Crippen molar-refractivity contribution in [2.24, 2.45) is 0 Å². The largest absolute Gasteiger partial charge is 0.401 e. The first kappa shape index (κ1) is 11.7. The molecule has 92 valence electrons. The highest BCUT2D eigenvalue weighted by Gasteiger charge is 2.25. The minimum atomic E-state index is -4.22. The number of hydrogen-bond acceptors (Lipinski definition) is 2. The molecule has 1 heterocycles. The van der Waals surface area contributed by atoms with Crippen molar-refractivity contribution in [2.45, 2.75) is 12.7 Å². The fraction of sp³-hybridized carbons (Fsp3) is 0.300. The third-order valence-corrected chi connectivity index (χ3v) is 2.23. The Balaban J connectivity index is 2.06. The van der Waals surface area contributed by atoms with Crippen molar-refractivity contribution in [2.75, 3.05) is 6.54 Å². The zero-order valence-corrected chi connectivity index (χ0v) is 8.69. The molecular formula is C10H10F3N3O. The summed E-state index contributed by atoms with van der Waals surface area (Å²) in [6.07, 6.45) is -4.22. The van der Waals surface area contributed by atoms with Gasteiger partial charge < -0.3 is 15.3 Å². The number of imidazole rings is 1. The molecule has 0 aliphatic carbocycles. The summed E-state index contributed by atoms with van der Waals surface area (Å²) in [4.78, 5) is 16.1. The van der Waals surface area contributed by atoms with Gasteiger partial charge in [-0.3, -0.25) is 0 Å². The van der Waals surface area contributed by atoms with E-state index < -0.39 is 12.7 Å². The van der Waals surface area contributed by atoms with E-state index in [0.717, 1.165) is 0 Å². The second-order valence-corrected chi connectivity index (χ2v) is 3.68. The van der Waals surface area contributed by atoms with Crippen molar-refractivity contribution in [3.63, 3.8) is 0 Å². The van der Waals surface area contributed by atoms with Crippen LogP contribution in [0.3, 0.4) is 0 Å². The van der Waals surface area contributed by atoms with E-state index >= 15 is 0 Å². The maximum Gasteiger partial charge on any atom is 0.401 e. The third-order valence-electron chi connectivity index (χ3n) is 2.23. The fourth-order valence-corrected chi connectivity index (χ4v) is 1.54. The molecule has 0 radical (unpaired) electrons. The minimum absolute atomic E-state index is 0.0999. The topological polar surface area (TPSA) is 60.7 Å². The van der Waals surface area contributed by atoms with Crippen LogP contribution < -0.4 is 11.0 Å². The molecule has 2 rings (SSSR count). The van der Waals surface area contributed by atoms with Crippen LogP contribution in [0.1, 0.15) is 5.56 Å². The Hall–Kier alpha value is -1.76. The summed E-state index contributed by atoms with van der Waals surface area (Å²) in [6.45, 7) is -0.933. The number of aromatic nitrogens is 2. The SMILES string of the molecule is O=c1[nH]c2ccc(CNCC(F)(F)F)cc2[nH]1. The number of H-pyrrole nitrogens is 2. The van der Waals surface area contributed by atoms with Gasteiger partial charge in [-0.2, -0.15) is 13.2 Å². The van der Waals surface area contributed by atoms with E-state index in [1.165, 1.54) is 0 Å². The van der Waals surface area contributed by atoms with Crippen molar-refractivity contribution in [3.05, 3.63) is 34.2 Å². The van der Waals surface area contributed by atoms with Crippen LogP contribution in [-0.2, 0) is 6.54 Å². The number of benzene rings is 1. The molecule has 7 heteroatoms. The van der Waals surface area contributed by atoms with Gasteiger partial charge in [0.2, 0.25) is 0 Å². The Labute approximate surface area is 93.8 Å². The summed E-state index contributed by atoms with van der Waals surface area (Å²) in [7, 11) is 0. The van der Waals surface area contributed by atoms with Crippen LogP contribution in [-0.4, -0.2) is 22.7 Å². The van der Waals surface area contributed by atoms with Gasteiger partial charge in [0.1, 0.15) is 0 Å². The Morgan fingerprint density at radius 2 is 1.88 bits per heavy atom. The number of fused-ring (bicyclic) bond motifs is 1. The van der Waals surface area contributed by atoms with Crippen LogP contribution in [0.4, 0.5) is 13.2 Å². The molecule has 1 aromatic carbocycles. The van der Waals surface area contributed by atoms with Gasteiger partial charge in [-0.1, -0.05) is 6.07 Å². The monoisotopic (exact) mass is 245 g/mol. The van der Waals surface area contributed by atoms with E-state index in [1.807, 2.05) is 0 Å². The first-order chi connectivity index (χ1) is 7.94. The highest BCUT2D eigenvalue weighted by atomic mass is 19.4. The van der Waals surface area contributed by atoms with Crippen LogP contribution in [0.5, 0.6) is 0 Å². The summed E-state index contributed by atoms with van der Waals surface area (Å²) in [6, 6.07) is 4.95. The molecular weight excluding hydrogens is 235 g/mol. The highest BCUT2D eigenvalue weighted by molar-refractivity contribution is 5.74. The number of halogens is 3. The molecule has 0 amide bonds. The van der Waals surface area contributed by atoms with Gasteiger partial charge in [-0.25, -0.2) is 4.79 Å². The predicted octanol–water partition coefficient (Wildman–Crippen LogP) is 1.51. The van der Waals surface area contributed by atoms with E-state index in [9.17, 15) is 18.0 Å². The van der Waals surface area contributed by atoms with Crippen molar-refractivity contribution in [3.8, 4) is 0 Å². The van der Waals surface area contributed by atoms with E-state index in [1.54, 1.807) is 18.2 Å². The molecule has 0 atom stereocenters. The number of aromatic amines is 2. The predicted molar refractivity (Wildman–Crippen MR) is 56.7 cm³/mol. The first-order valence-corrected chi connectivity index (χ1v) is 4.92. The molecule has 1 aromatic heterocycles. The number of nitrogens with one attached hydrogen (secondary N) is 3. The molecule has 0 fully saturated rings. The van der Waals surface area contributed by atoms with Gasteiger partial charge in [0, 0.05) is 6.54 Å². The Morgan fingerprint density at radius 1 is 1.18 bits per heavy atom. The van der Waals surface area contributed by atoms with Gasteiger partial charge in [-0.15, -0.1) is 0 Å². The van der Waals surface area contributed by atoms with Crippen molar-refractivity contribution in [1.82, 2.24) is 15.3 Å². The van der Waals surface area contributed by atoms with Crippen LogP contribution in [0, 0.1) is 0 Å². The van der Waals surface area contributed by atoms with Gasteiger partial charge in [0.25, 0.3) is 0 Å². The lowest BCUT2D eigenvalue weighted by Crippen LogP contribution is -2.28. The quantitative estimate of drug-likeness (QED) is 0.767. The summed E-state index contributed by atoms with van der Waals surface area (Å²) < 4.78 is 35.7. The molecule has 4 nitrogen and oxygen atoms in total. The molecule has 0 saturated carbocycles. The van der Waals surface area contributed by atoms with E-state index in [2.05, 4.69) is 15.3 Å². The molecule has 0 bridgehead atoms. The zero-order valence-electron chi connectivity index (χ0n) is 8.69. The maximum atomic E-state index is 11.9. The molecule has 3 N–H and O–H groups in total. The molecule has 0 aliphatic heterocycles. The summed E-state index contributed by atoms with van der Waals surface area (Å²) in [5.41, 5.74) is 1.56. The normalized spacial score (nSPS) is 12.2. The highest BCUT2D eigenvalue weighted by Crippen LogP contribution is 2.13. The average Bonchev–Trinajstić information content (AvgIpc) is 2.55. The summed E-state index contributed by atoms with van der Waals surface area (Å²) in [5.74, 6) is 0. The molecule has 2 aromatic rings. The molecule has 17 heavy (non-hydrogen) atoms.